The number of ether oxygens (including phenoxy) is 1. The molecule has 0 aliphatic carbocycles. The summed E-state index contributed by atoms with van der Waals surface area (Å²) in [7, 11) is 0. The fraction of sp³-hybridized carbons (Fsp3) is 0.786. The van der Waals surface area contributed by atoms with Gasteiger partial charge in [-0.15, -0.1) is 0 Å². The molecule has 1 rings (SSSR count). The molecule has 4 nitrogen and oxygen atoms in total. The molecule has 1 aromatic rings. The van der Waals surface area contributed by atoms with Crippen molar-refractivity contribution < 1.29 is 4.74 Å². The minimum Gasteiger partial charge on any atom is -0.377 e. The third kappa shape index (κ3) is 4.42. The molecular weight excluding hydrogens is 226 g/mol. The van der Waals surface area contributed by atoms with E-state index in [1.807, 2.05) is 17.8 Å². The summed E-state index contributed by atoms with van der Waals surface area (Å²) in [5.74, 6) is 0. The number of aryl methyl sites for hydroxylation is 1. The molecule has 0 amide bonds. The molecule has 0 fully saturated rings. The Morgan fingerprint density at radius 3 is 2.72 bits per heavy atom. The highest BCUT2D eigenvalue weighted by molar-refractivity contribution is 5.12. The average Bonchev–Trinajstić information content (AvgIpc) is 2.79. The molecule has 0 spiro atoms. The Labute approximate surface area is 111 Å². The minimum absolute atomic E-state index is 0.167. The second-order valence-electron chi connectivity index (χ2n) is 4.63. The van der Waals surface area contributed by atoms with Crippen LogP contribution < -0.4 is 5.32 Å². The average molecular weight is 253 g/mol. The van der Waals surface area contributed by atoms with Crippen molar-refractivity contribution in [3.05, 3.63) is 18.0 Å². The number of hydrogen-bond donors (Lipinski definition) is 1. The van der Waals surface area contributed by atoms with Crippen LogP contribution in [0, 0.1) is 0 Å². The predicted molar refractivity (Wildman–Crippen MR) is 74.6 cm³/mol. The second kappa shape index (κ2) is 8.27. The second-order valence-corrected chi connectivity index (χ2v) is 4.63. The van der Waals surface area contributed by atoms with Crippen molar-refractivity contribution in [1.29, 1.82) is 0 Å². The summed E-state index contributed by atoms with van der Waals surface area (Å²) in [5.41, 5.74) is 1.22. The number of hydrogen-bond acceptors (Lipinski definition) is 3. The topological polar surface area (TPSA) is 39.1 Å². The Bertz CT molecular complexity index is 325. The molecular formula is C14H27N3O. The monoisotopic (exact) mass is 253 g/mol. The van der Waals surface area contributed by atoms with Gasteiger partial charge >= 0.3 is 0 Å². The Kier molecular flexibility index (Phi) is 6.98. The van der Waals surface area contributed by atoms with Crippen molar-refractivity contribution in [1.82, 2.24) is 15.1 Å². The zero-order valence-electron chi connectivity index (χ0n) is 12.1. The molecule has 18 heavy (non-hydrogen) atoms. The highest BCUT2D eigenvalue weighted by atomic mass is 16.5. The molecule has 0 radical (unpaired) electrons. The van der Waals surface area contributed by atoms with Crippen molar-refractivity contribution in [3.8, 4) is 0 Å². The van der Waals surface area contributed by atoms with E-state index in [2.05, 4.69) is 37.4 Å². The molecule has 0 saturated heterocycles. The highest BCUT2D eigenvalue weighted by Crippen LogP contribution is 2.19. The van der Waals surface area contributed by atoms with Gasteiger partial charge in [0.15, 0.2) is 0 Å². The van der Waals surface area contributed by atoms with E-state index < -0.39 is 0 Å². The van der Waals surface area contributed by atoms with Gasteiger partial charge in [-0.05, 0) is 33.2 Å². The number of rotatable bonds is 9. The smallest absolute Gasteiger partial charge is 0.0742 e. The third-order valence-corrected chi connectivity index (χ3v) is 2.98. The Morgan fingerprint density at radius 1 is 1.33 bits per heavy atom. The first-order valence-electron chi connectivity index (χ1n) is 7.10. The molecule has 0 aromatic carbocycles. The van der Waals surface area contributed by atoms with Gasteiger partial charge in [0.05, 0.1) is 18.3 Å². The van der Waals surface area contributed by atoms with E-state index in [1.54, 1.807) is 0 Å². The van der Waals surface area contributed by atoms with Crippen molar-refractivity contribution in [2.45, 2.75) is 59.2 Å². The first-order valence-corrected chi connectivity index (χ1v) is 7.10. The molecule has 4 heteroatoms. The maximum Gasteiger partial charge on any atom is 0.0742 e. The number of nitrogens with zero attached hydrogens (tertiary/aromatic N) is 2. The van der Waals surface area contributed by atoms with Gasteiger partial charge in [0.1, 0.15) is 0 Å². The van der Waals surface area contributed by atoms with Gasteiger partial charge in [-0.3, -0.25) is 4.68 Å². The molecule has 0 aliphatic rings. The lowest BCUT2D eigenvalue weighted by atomic mass is 10.1. The Morgan fingerprint density at radius 2 is 2.11 bits per heavy atom. The van der Waals surface area contributed by atoms with Crippen molar-refractivity contribution in [2.24, 2.45) is 0 Å². The van der Waals surface area contributed by atoms with Gasteiger partial charge < -0.3 is 10.1 Å². The van der Waals surface area contributed by atoms with Crippen LogP contribution in [-0.2, 0) is 11.3 Å². The molecule has 2 unspecified atom stereocenters. The molecule has 0 bridgehead atoms. The van der Waals surface area contributed by atoms with Crippen LogP contribution in [-0.4, -0.2) is 29.0 Å². The number of aromatic nitrogens is 2. The zero-order chi connectivity index (χ0) is 13.4. The Hall–Kier alpha value is -0.870. The number of nitrogens with one attached hydrogen (secondary N) is 1. The van der Waals surface area contributed by atoms with E-state index in [-0.39, 0.29) is 12.1 Å². The summed E-state index contributed by atoms with van der Waals surface area (Å²) < 4.78 is 7.73. The van der Waals surface area contributed by atoms with Crippen LogP contribution in [0.5, 0.6) is 0 Å². The summed E-state index contributed by atoms with van der Waals surface area (Å²) in [4.78, 5) is 0. The maximum absolute atomic E-state index is 5.73. The molecule has 104 valence electrons. The van der Waals surface area contributed by atoms with Crippen LogP contribution >= 0.6 is 0 Å². The van der Waals surface area contributed by atoms with E-state index in [4.69, 9.17) is 4.74 Å². The molecule has 0 saturated carbocycles. The summed E-state index contributed by atoms with van der Waals surface area (Å²) in [6.45, 7) is 11.2. The van der Waals surface area contributed by atoms with Crippen LogP contribution in [0.1, 0.15) is 52.1 Å². The lowest BCUT2D eigenvalue weighted by Crippen LogP contribution is -2.32. The molecule has 1 heterocycles. The summed E-state index contributed by atoms with van der Waals surface area (Å²) in [5, 5.41) is 7.95. The molecule has 0 aliphatic heterocycles. The van der Waals surface area contributed by atoms with Gasteiger partial charge in [-0.25, -0.2) is 0 Å². The predicted octanol–water partition coefficient (Wildman–Crippen LogP) is 2.76. The van der Waals surface area contributed by atoms with E-state index in [0.29, 0.717) is 0 Å². The van der Waals surface area contributed by atoms with Crippen LogP contribution in [0.4, 0.5) is 0 Å². The van der Waals surface area contributed by atoms with Gasteiger partial charge in [-0.1, -0.05) is 13.8 Å². The molecule has 2 atom stereocenters. The SMILES string of the molecule is CCCNC(c1cnn(CCC)c1)C(C)OCC. The van der Waals surface area contributed by atoms with Gasteiger partial charge in [-0.2, -0.15) is 5.10 Å². The lowest BCUT2D eigenvalue weighted by Gasteiger charge is -2.24. The lowest BCUT2D eigenvalue weighted by molar-refractivity contribution is 0.0472. The molecule has 1 N–H and O–H groups in total. The van der Waals surface area contributed by atoms with Gasteiger partial charge in [0, 0.05) is 24.9 Å². The molecule has 1 aromatic heterocycles. The highest BCUT2D eigenvalue weighted by Gasteiger charge is 2.20. The fourth-order valence-electron chi connectivity index (χ4n) is 2.11. The first kappa shape index (κ1) is 15.2. The van der Waals surface area contributed by atoms with E-state index >= 15 is 0 Å². The van der Waals surface area contributed by atoms with Crippen LogP contribution in [0.3, 0.4) is 0 Å². The van der Waals surface area contributed by atoms with Gasteiger partial charge in [0.2, 0.25) is 0 Å². The standard InChI is InChI=1S/C14H27N3O/c1-5-8-15-14(12(4)18-7-3)13-10-16-17(11-13)9-6-2/h10-12,14-15H,5-9H2,1-4H3. The minimum atomic E-state index is 0.167. The van der Waals surface area contributed by atoms with Crippen LogP contribution in [0.2, 0.25) is 0 Å². The zero-order valence-corrected chi connectivity index (χ0v) is 12.1. The maximum atomic E-state index is 5.73. The normalized spacial score (nSPS) is 14.7. The summed E-state index contributed by atoms with van der Waals surface area (Å²) in [6, 6.07) is 0.232. The van der Waals surface area contributed by atoms with Crippen molar-refractivity contribution >= 4 is 0 Å². The van der Waals surface area contributed by atoms with Gasteiger partial charge in [0.25, 0.3) is 0 Å². The van der Waals surface area contributed by atoms with Crippen molar-refractivity contribution in [2.75, 3.05) is 13.2 Å². The Balaban J connectivity index is 2.72. The van der Waals surface area contributed by atoms with Crippen LogP contribution in [0.15, 0.2) is 12.4 Å². The summed E-state index contributed by atoms with van der Waals surface area (Å²) >= 11 is 0. The third-order valence-electron chi connectivity index (χ3n) is 2.98. The quantitative estimate of drug-likeness (QED) is 0.735. The van der Waals surface area contributed by atoms with Crippen molar-refractivity contribution in [3.63, 3.8) is 0 Å². The largest absolute Gasteiger partial charge is 0.377 e. The van der Waals surface area contributed by atoms with Crippen LogP contribution in [0.25, 0.3) is 0 Å². The van der Waals surface area contributed by atoms with E-state index in [1.165, 1.54) is 5.56 Å². The summed E-state index contributed by atoms with van der Waals surface area (Å²) in [6.07, 6.45) is 6.49. The van der Waals surface area contributed by atoms with E-state index in [0.717, 1.165) is 32.5 Å². The van der Waals surface area contributed by atoms with E-state index in [9.17, 15) is 0 Å². The fourth-order valence-corrected chi connectivity index (χ4v) is 2.11. The first-order chi connectivity index (χ1) is 8.72.